The van der Waals surface area contributed by atoms with Gasteiger partial charge < -0.3 is 15.1 Å². The second kappa shape index (κ2) is 7.42. The van der Waals surface area contributed by atoms with Crippen LogP contribution in [0.1, 0.15) is 31.6 Å². The Bertz CT molecular complexity index is 631. The average Bonchev–Trinajstić information content (AvgIpc) is 3.05. The Morgan fingerprint density at radius 2 is 2.00 bits per heavy atom. The van der Waals surface area contributed by atoms with E-state index in [-0.39, 0.29) is 11.9 Å². The van der Waals surface area contributed by atoms with E-state index in [4.69, 9.17) is 10.2 Å². The van der Waals surface area contributed by atoms with Gasteiger partial charge in [-0.2, -0.15) is 0 Å². The Morgan fingerprint density at radius 1 is 1.26 bits per heavy atom. The summed E-state index contributed by atoms with van der Waals surface area (Å²) in [5.41, 5.74) is 6.89. The average molecular weight is 313 g/mol. The molecule has 0 radical (unpaired) electrons. The van der Waals surface area contributed by atoms with Gasteiger partial charge in [-0.05, 0) is 19.3 Å². The van der Waals surface area contributed by atoms with Gasteiger partial charge in [-0.3, -0.25) is 4.79 Å². The Hall–Kier alpha value is -2.14. The quantitative estimate of drug-likeness (QED) is 0.921. The fraction of sp³-hybridized carbons (Fsp3) is 0.444. The molecule has 5 nitrogen and oxygen atoms in total. The number of likely N-dealkylation sites (tertiary alicyclic amines) is 1. The molecule has 122 valence electrons. The van der Waals surface area contributed by atoms with Crippen LogP contribution in [0.15, 0.2) is 40.9 Å². The maximum atomic E-state index is 12.2. The number of benzene rings is 1. The van der Waals surface area contributed by atoms with Crippen LogP contribution < -0.4 is 5.73 Å². The summed E-state index contributed by atoms with van der Waals surface area (Å²) in [4.78, 5) is 18.4. The molecular formula is C18H23N3O2. The van der Waals surface area contributed by atoms with Crippen molar-refractivity contribution in [1.29, 1.82) is 0 Å². The molecule has 1 saturated heterocycles. The molecular weight excluding hydrogens is 290 g/mol. The predicted molar refractivity (Wildman–Crippen MR) is 88.7 cm³/mol. The Balaban J connectivity index is 1.46. The highest BCUT2D eigenvalue weighted by Gasteiger charge is 2.20. The van der Waals surface area contributed by atoms with E-state index in [1.54, 1.807) is 6.20 Å². The lowest BCUT2D eigenvalue weighted by atomic mass is 10.1. The molecule has 0 atom stereocenters. The lowest BCUT2D eigenvalue weighted by Crippen LogP contribution is -2.42. The zero-order chi connectivity index (χ0) is 16.1. The first-order chi connectivity index (χ1) is 11.2. The minimum Gasteiger partial charge on any atom is -0.441 e. The van der Waals surface area contributed by atoms with Crippen LogP contribution in [0.4, 0.5) is 0 Å². The molecule has 0 aliphatic carbocycles. The number of rotatable bonds is 5. The molecule has 1 fully saturated rings. The van der Waals surface area contributed by atoms with Crippen molar-refractivity contribution in [3.05, 3.63) is 42.4 Å². The monoisotopic (exact) mass is 313 g/mol. The molecule has 1 aromatic carbocycles. The van der Waals surface area contributed by atoms with E-state index in [1.807, 2.05) is 35.2 Å². The normalized spacial score (nSPS) is 15.8. The second-order valence-corrected chi connectivity index (χ2v) is 6.06. The number of aryl methyl sites for hydroxylation is 1. The van der Waals surface area contributed by atoms with Crippen LogP contribution in [0.3, 0.4) is 0 Å². The van der Waals surface area contributed by atoms with Crippen molar-refractivity contribution in [2.24, 2.45) is 5.73 Å². The Morgan fingerprint density at radius 3 is 2.74 bits per heavy atom. The highest BCUT2D eigenvalue weighted by atomic mass is 16.4. The molecule has 2 aromatic rings. The summed E-state index contributed by atoms with van der Waals surface area (Å²) in [5.74, 6) is 1.68. The van der Waals surface area contributed by atoms with Crippen LogP contribution in [0, 0.1) is 0 Å². The van der Waals surface area contributed by atoms with Crippen molar-refractivity contribution in [1.82, 2.24) is 9.88 Å². The van der Waals surface area contributed by atoms with Gasteiger partial charge in [0.25, 0.3) is 0 Å². The number of piperidine rings is 1. The highest BCUT2D eigenvalue weighted by molar-refractivity contribution is 5.76. The van der Waals surface area contributed by atoms with Crippen LogP contribution >= 0.6 is 0 Å². The van der Waals surface area contributed by atoms with Crippen molar-refractivity contribution in [3.63, 3.8) is 0 Å². The van der Waals surface area contributed by atoms with Crippen molar-refractivity contribution < 1.29 is 9.21 Å². The van der Waals surface area contributed by atoms with E-state index >= 15 is 0 Å². The maximum absolute atomic E-state index is 12.2. The standard InChI is InChI=1S/C18H23N3O2/c19-15-9-11-21(12-10-15)18(22)8-4-7-17-20-13-16(23-17)14-5-2-1-3-6-14/h1-3,5-6,13,15H,4,7-12,19H2. The maximum Gasteiger partial charge on any atom is 0.222 e. The first kappa shape index (κ1) is 15.7. The summed E-state index contributed by atoms with van der Waals surface area (Å²) in [7, 11) is 0. The second-order valence-electron chi connectivity index (χ2n) is 6.06. The molecule has 1 aromatic heterocycles. The summed E-state index contributed by atoms with van der Waals surface area (Å²) in [6.07, 6.45) is 5.55. The molecule has 0 bridgehead atoms. The van der Waals surface area contributed by atoms with Crippen molar-refractivity contribution in [2.45, 2.75) is 38.1 Å². The molecule has 2 heterocycles. The fourth-order valence-electron chi connectivity index (χ4n) is 2.86. The van der Waals surface area contributed by atoms with E-state index in [0.29, 0.717) is 18.7 Å². The van der Waals surface area contributed by atoms with Crippen LogP contribution in [0.25, 0.3) is 11.3 Å². The molecule has 0 spiro atoms. The molecule has 0 saturated carbocycles. The number of oxazole rings is 1. The van der Waals surface area contributed by atoms with Crippen molar-refractivity contribution >= 4 is 5.91 Å². The highest BCUT2D eigenvalue weighted by Crippen LogP contribution is 2.20. The van der Waals surface area contributed by atoms with E-state index < -0.39 is 0 Å². The summed E-state index contributed by atoms with van der Waals surface area (Å²) < 4.78 is 5.76. The summed E-state index contributed by atoms with van der Waals surface area (Å²) in [5, 5.41) is 0. The molecule has 3 rings (SSSR count). The van der Waals surface area contributed by atoms with Crippen molar-refractivity contribution in [2.75, 3.05) is 13.1 Å². The van der Waals surface area contributed by atoms with Gasteiger partial charge >= 0.3 is 0 Å². The molecule has 23 heavy (non-hydrogen) atoms. The lowest BCUT2D eigenvalue weighted by Gasteiger charge is -2.30. The SMILES string of the molecule is NC1CCN(C(=O)CCCc2ncc(-c3ccccc3)o2)CC1. The number of nitrogens with zero attached hydrogens (tertiary/aromatic N) is 2. The van der Waals surface area contributed by atoms with Gasteiger partial charge in [0.05, 0.1) is 6.20 Å². The third-order valence-corrected chi connectivity index (χ3v) is 4.29. The van der Waals surface area contributed by atoms with E-state index in [9.17, 15) is 4.79 Å². The van der Waals surface area contributed by atoms with E-state index in [2.05, 4.69) is 4.98 Å². The Kier molecular flexibility index (Phi) is 5.08. The third kappa shape index (κ3) is 4.20. The number of carbonyl (C=O) groups excluding carboxylic acids is 1. The van der Waals surface area contributed by atoms with Gasteiger partial charge in [-0.15, -0.1) is 0 Å². The predicted octanol–water partition coefficient (Wildman–Crippen LogP) is 2.61. The lowest BCUT2D eigenvalue weighted by molar-refractivity contribution is -0.132. The molecule has 1 aliphatic rings. The van der Waals surface area contributed by atoms with Gasteiger partial charge in [0.1, 0.15) is 0 Å². The number of nitrogens with two attached hydrogens (primary N) is 1. The van der Waals surface area contributed by atoms with Crippen LogP contribution in [0.2, 0.25) is 0 Å². The topological polar surface area (TPSA) is 72.4 Å². The summed E-state index contributed by atoms with van der Waals surface area (Å²) >= 11 is 0. The zero-order valence-electron chi connectivity index (χ0n) is 13.3. The molecule has 0 unspecified atom stereocenters. The molecule has 1 aliphatic heterocycles. The van der Waals surface area contributed by atoms with Gasteiger partial charge in [-0.1, -0.05) is 30.3 Å². The number of amides is 1. The van der Waals surface area contributed by atoms with Crippen LogP contribution in [-0.4, -0.2) is 34.9 Å². The third-order valence-electron chi connectivity index (χ3n) is 4.29. The fourth-order valence-corrected chi connectivity index (χ4v) is 2.86. The van der Waals surface area contributed by atoms with Gasteiger partial charge in [0.15, 0.2) is 11.7 Å². The largest absolute Gasteiger partial charge is 0.441 e. The summed E-state index contributed by atoms with van der Waals surface area (Å²) in [6, 6.07) is 10.2. The molecule has 2 N–H and O–H groups in total. The number of aromatic nitrogens is 1. The number of hydrogen-bond donors (Lipinski definition) is 1. The zero-order valence-corrected chi connectivity index (χ0v) is 13.3. The van der Waals surface area contributed by atoms with E-state index in [1.165, 1.54) is 0 Å². The van der Waals surface area contributed by atoms with Gasteiger partial charge in [0, 0.05) is 37.5 Å². The smallest absolute Gasteiger partial charge is 0.222 e. The number of carbonyl (C=O) groups is 1. The minimum absolute atomic E-state index is 0.215. The summed E-state index contributed by atoms with van der Waals surface area (Å²) in [6.45, 7) is 1.58. The molecule has 1 amide bonds. The van der Waals surface area contributed by atoms with Crippen LogP contribution in [-0.2, 0) is 11.2 Å². The minimum atomic E-state index is 0.215. The first-order valence-corrected chi connectivity index (χ1v) is 8.26. The molecule has 5 heteroatoms. The van der Waals surface area contributed by atoms with Gasteiger partial charge in [0.2, 0.25) is 5.91 Å². The number of hydrogen-bond acceptors (Lipinski definition) is 4. The Labute approximate surface area is 136 Å². The van der Waals surface area contributed by atoms with Crippen molar-refractivity contribution in [3.8, 4) is 11.3 Å². The van der Waals surface area contributed by atoms with Crippen LogP contribution in [0.5, 0.6) is 0 Å². The van der Waals surface area contributed by atoms with E-state index in [0.717, 1.165) is 43.7 Å². The van der Waals surface area contributed by atoms with Gasteiger partial charge in [-0.25, -0.2) is 4.98 Å². The first-order valence-electron chi connectivity index (χ1n) is 8.26.